The van der Waals surface area contributed by atoms with Gasteiger partial charge >= 0.3 is 0 Å². The first-order chi connectivity index (χ1) is 10.4. The zero-order valence-electron chi connectivity index (χ0n) is 12.7. The highest BCUT2D eigenvalue weighted by molar-refractivity contribution is 6.68. The van der Waals surface area contributed by atoms with Crippen LogP contribution in [0.2, 0.25) is 0 Å². The molecule has 0 aliphatic rings. The predicted octanol–water partition coefficient (Wildman–Crippen LogP) is 4.50. The third-order valence-electron chi connectivity index (χ3n) is 3.05. The molecule has 2 N–H and O–H groups in total. The van der Waals surface area contributed by atoms with Crippen molar-refractivity contribution in [2.24, 2.45) is 0 Å². The van der Waals surface area contributed by atoms with E-state index in [1.165, 1.54) is 0 Å². The summed E-state index contributed by atoms with van der Waals surface area (Å²) in [6.45, 7) is 2.07. The SMILES string of the molecule is CCCCCC(=O)N[C@@H](Nc1ccccc1OC)C(Cl)(Cl)Cl. The Hall–Kier alpha value is -0.840. The number of ether oxygens (including phenoxy) is 1. The minimum Gasteiger partial charge on any atom is -0.495 e. The summed E-state index contributed by atoms with van der Waals surface area (Å²) in [6.07, 6.45) is 2.39. The molecule has 0 aliphatic carbocycles. The average molecular weight is 368 g/mol. The summed E-state index contributed by atoms with van der Waals surface area (Å²) in [5, 5.41) is 5.72. The first-order valence-electron chi connectivity index (χ1n) is 7.14. The Morgan fingerprint density at radius 2 is 1.95 bits per heavy atom. The van der Waals surface area contributed by atoms with E-state index in [-0.39, 0.29) is 5.91 Å². The lowest BCUT2D eigenvalue weighted by atomic mass is 10.2. The van der Waals surface area contributed by atoms with Gasteiger partial charge in [-0.2, -0.15) is 0 Å². The second-order valence-electron chi connectivity index (χ2n) is 4.84. The lowest BCUT2D eigenvalue weighted by Gasteiger charge is -2.28. The summed E-state index contributed by atoms with van der Waals surface area (Å²) < 4.78 is 3.55. The molecule has 0 heterocycles. The van der Waals surface area contributed by atoms with Crippen LogP contribution < -0.4 is 15.4 Å². The maximum Gasteiger partial charge on any atom is 0.228 e. The molecule has 1 atom stereocenters. The Labute approximate surface area is 146 Å². The Balaban J connectivity index is 2.75. The molecule has 0 radical (unpaired) electrons. The molecule has 1 aromatic carbocycles. The Morgan fingerprint density at radius 3 is 2.55 bits per heavy atom. The molecule has 0 unspecified atom stereocenters. The lowest BCUT2D eigenvalue weighted by Crippen LogP contribution is -2.49. The van der Waals surface area contributed by atoms with Crippen molar-refractivity contribution in [3.05, 3.63) is 24.3 Å². The van der Waals surface area contributed by atoms with Crippen molar-refractivity contribution in [1.29, 1.82) is 0 Å². The highest BCUT2D eigenvalue weighted by Crippen LogP contribution is 2.33. The third kappa shape index (κ3) is 6.51. The van der Waals surface area contributed by atoms with Gasteiger partial charge in [-0.15, -0.1) is 0 Å². The summed E-state index contributed by atoms with van der Waals surface area (Å²) in [7, 11) is 1.55. The van der Waals surface area contributed by atoms with Crippen LogP contribution in [-0.4, -0.2) is 23.0 Å². The molecule has 1 aromatic rings. The number of para-hydroxylation sites is 2. The molecule has 124 valence electrons. The summed E-state index contributed by atoms with van der Waals surface area (Å²) in [5.74, 6) is 0.439. The minimum atomic E-state index is -1.69. The van der Waals surface area contributed by atoms with Crippen molar-refractivity contribution in [2.45, 2.75) is 42.6 Å². The number of hydrogen-bond donors (Lipinski definition) is 2. The molecule has 0 saturated carbocycles. The van der Waals surface area contributed by atoms with E-state index >= 15 is 0 Å². The smallest absolute Gasteiger partial charge is 0.228 e. The van der Waals surface area contributed by atoms with Crippen LogP contribution in [0.15, 0.2) is 24.3 Å². The number of carbonyl (C=O) groups is 1. The van der Waals surface area contributed by atoms with Crippen LogP contribution in [0, 0.1) is 0 Å². The number of methoxy groups -OCH3 is 1. The van der Waals surface area contributed by atoms with Gasteiger partial charge in [0.05, 0.1) is 12.8 Å². The van der Waals surface area contributed by atoms with E-state index in [0.717, 1.165) is 19.3 Å². The normalized spacial score (nSPS) is 12.6. The van der Waals surface area contributed by atoms with E-state index < -0.39 is 9.96 Å². The standard InChI is InChI=1S/C15H21Cl3N2O2/c1-3-4-5-10-13(21)20-14(15(16,17)18)19-11-8-6-7-9-12(11)22-2/h6-9,14,19H,3-5,10H2,1-2H3,(H,20,21)/t14-/m1/s1. The van der Waals surface area contributed by atoms with Gasteiger partial charge in [-0.3, -0.25) is 4.79 Å². The summed E-state index contributed by atoms with van der Waals surface area (Å²) in [5.41, 5.74) is 0.634. The molecule has 0 aliphatic heterocycles. The van der Waals surface area contributed by atoms with Gasteiger partial charge in [0.2, 0.25) is 9.70 Å². The fraction of sp³-hybridized carbons (Fsp3) is 0.533. The van der Waals surface area contributed by atoms with E-state index in [9.17, 15) is 4.79 Å². The summed E-state index contributed by atoms with van der Waals surface area (Å²) in [4.78, 5) is 12.0. The molecule has 4 nitrogen and oxygen atoms in total. The molecule has 0 bridgehead atoms. The molecule has 22 heavy (non-hydrogen) atoms. The maximum absolute atomic E-state index is 12.0. The van der Waals surface area contributed by atoms with Crippen molar-refractivity contribution in [3.63, 3.8) is 0 Å². The van der Waals surface area contributed by atoms with Crippen LogP contribution in [0.3, 0.4) is 0 Å². The van der Waals surface area contributed by atoms with Crippen LogP contribution >= 0.6 is 34.8 Å². The lowest BCUT2D eigenvalue weighted by molar-refractivity contribution is -0.121. The monoisotopic (exact) mass is 366 g/mol. The number of halogens is 3. The van der Waals surface area contributed by atoms with Crippen LogP contribution in [0.25, 0.3) is 0 Å². The Bertz CT molecular complexity index is 478. The molecule has 7 heteroatoms. The highest BCUT2D eigenvalue weighted by Gasteiger charge is 2.34. The Morgan fingerprint density at radius 1 is 1.27 bits per heavy atom. The van der Waals surface area contributed by atoms with Gasteiger partial charge in [0.25, 0.3) is 0 Å². The number of benzene rings is 1. The number of nitrogens with one attached hydrogen (secondary N) is 2. The topological polar surface area (TPSA) is 50.4 Å². The van der Waals surface area contributed by atoms with Crippen molar-refractivity contribution in [3.8, 4) is 5.75 Å². The van der Waals surface area contributed by atoms with Gasteiger partial charge in [-0.25, -0.2) is 0 Å². The fourth-order valence-corrected chi connectivity index (χ4v) is 2.22. The average Bonchev–Trinajstić information content (AvgIpc) is 2.46. The number of anilines is 1. The van der Waals surface area contributed by atoms with Gasteiger partial charge < -0.3 is 15.4 Å². The third-order valence-corrected chi connectivity index (χ3v) is 3.70. The quantitative estimate of drug-likeness (QED) is 0.404. The first-order valence-corrected chi connectivity index (χ1v) is 8.27. The van der Waals surface area contributed by atoms with Gasteiger partial charge in [0.15, 0.2) is 0 Å². The van der Waals surface area contributed by atoms with Gasteiger partial charge in [-0.1, -0.05) is 66.7 Å². The van der Waals surface area contributed by atoms with Crippen LogP contribution in [0.5, 0.6) is 5.75 Å². The van der Waals surface area contributed by atoms with E-state index in [1.807, 2.05) is 12.1 Å². The van der Waals surface area contributed by atoms with Crippen molar-refractivity contribution in [2.75, 3.05) is 12.4 Å². The number of alkyl halides is 3. The van der Waals surface area contributed by atoms with E-state index in [4.69, 9.17) is 39.5 Å². The van der Waals surface area contributed by atoms with E-state index in [1.54, 1.807) is 19.2 Å². The second-order valence-corrected chi connectivity index (χ2v) is 7.21. The van der Waals surface area contributed by atoms with Crippen molar-refractivity contribution >= 4 is 46.4 Å². The number of rotatable bonds is 8. The fourth-order valence-electron chi connectivity index (χ4n) is 1.89. The number of carbonyl (C=O) groups excluding carboxylic acids is 1. The van der Waals surface area contributed by atoms with Crippen LogP contribution in [0.1, 0.15) is 32.6 Å². The molecule has 0 fully saturated rings. The Kier molecular flexibility index (Phi) is 8.15. The number of hydrogen-bond acceptors (Lipinski definition) is 3. The molecule has 1 rings (SSSR count). The predicted molar refractivity (Wildman–Crippen MR) is 93.0 cm³/mol. The van der Waals surface area contributed by atoms with Crippen LogP contribution in [-0.2, 0) is 4.79 Å². The maximum atomic E-state index is 12.0. The molecule has 0 saturated heterocycles. The van der Waals surface area contributed by atoms with Crippen molar-refractivity contribution in [1.82, 2.24) is 5.32 Å². The highest BCUT2D eigenvalue weighted by atomic mass is 35.6. The van der Waals surface area contributed by atoms with E-state index in [0.29, 0.717) is 17.9 Å². The van der Waals surface area contributed by atoms with E-state index in [2.05, 4.69) is 17.6 Å². The molecular formula is C15H21Cl3N2O2. The van der Waals surface area contributed by atoms with Gasteiger partial charge in [-0.05, 0) is 18.6 Å². The van der Waals surface area contributed by atoms with Crippen LogP contribution in [0.4, 0.5) is 5.69 Å². The first kappa shape index (κ1) is 19.2. The number of unbranched alkanes of at least 4 members (excludes halogenated alkanes) is 2. The summed E-state index contributed by atoms with van der Waals surface area (Å²) >= 11 is 17.9. The minimum absolute atomic E-state index is 0.160. The van der Waals surface area contributed by atoms with Gasteiger partial charge in [0, 0.05) is 6.42 Å². The second kappa shape index (κ2) is 9.33. The largest absolute Gasteiger partial charge is 0.495 e. The van der Waals surface area contributed by atoms with Gasteiger partial charge in [0.1, 0.15) is 11.9 Å². The molecule has 0 aromatic heterocycles. The molecular weight excluding hydrogens is 347 g/mol. The molecule has 1 amide bonds. The number of amides is 1. The van der Waals surface area contributed by atoms with Crippen molar-refractivity contribution < 1.29 is 9.53 Å². The summed E-state index contributed by atoms with van der Waals surface area (Å²) in [6, 6.07) is 7.22. The zero-order chi connectivity index (χ0) is 16.6. The molecule has 0 spiro atoms. The zero-order valence-corrected chi connectivity index (χ0v) is 14.9.